The van der Waals surface area contributed by atoms with Crippen LogP contribution >= 0.6 is 0 Å². The molecule has 1 fully saturated rings. The second-order valence-corrected chi connectivity index (χ2v) is 8.93. The molecule has 0 atom stereocenters. The number of pyridine rings is 1. The number of sulfonamides is 1. The second kappa shape index (κ2) is 7.73. The van der Waals surface area contributed by atoms with Gasteiger partial charge in [0.1, 0.15) is 10.7 Å². The lowest BCUT2D eigenvalue weighted by Gasteiger charge is -2.38. The van der Waals surface area contributed by atoms with Crippen LogP contribution in [0, 0.1) is 0 Å². The molecule has 0 amide bonds. The molecule has 0 radical (unpaired) electrons. The Labute approximate surface area is 155 Å². The molecule has 140 valence electrons. The van der Waals surface area contributed by atoms with Crippen molar-refractivity contribution in [2.24, 2.45) is 0 Å². The third-order valence-electron chi connectivity index (χ3n) is 4.96. The largest absolute Gasteiger partial charge is 0.381 e. The highest BCUT2D eigenvalue weighted by molar-refractivity contribution is 7.89. The van der Waals surface area contributed by atoms with Crippen molar-refractivity contribution in [1.82, 2.24) is 9.29 Å². The minimum absolute atomic E-state index is 0.00439. The van der Waals surface area contributed by atoms with Gasteiger partial charge in [-0.2, -0.15) is 0 Å². The van der Waals surface area contributed by atoms with Crippen LogP contribution in [0.1, 0.15) is 18.4 Å². The van der Waals surface area contributed by atoms with E-state index in [1.165, 1.54) is 30.2 Å². The first kappa shape index (κ1) is 18.8. The fourth-order valence-electron chi connectivity index (χ4n) is 3.23. The Hall–Kier alpha value is -1.96. The number of ether oxygens (including phenoxy) is 1. The molecule has 1 aromatic heterocycles. The van der Waals surface area contributed by atoms with Gasteiger partial charge in [-0.15, -0.1) is 0 Å². The summed E-state index contributed by atoms with van der Waals surface area (Å²) in [5.74, 6) is 0.671. The standard InChI is InChI=1S/C19H25N3O3S/c1-22(2)26(23,24)17-8-9-18(20-14-17)21-15-19(10-12-25-13-11-19)16-6-4-3-5-7-16/h3-9,14H,10-13,15H2,1-2H3,(H,20,21). The van der Waals surface area contributed by atoms with Gasteiger partial charge in [-0.25, -0.2) is 17.7 Å². The summed E-state index contributed by atoms with van der Waals surface area (Å²) < 4.78 is 31.0. The third-order valence-corrected chi connectivity index (χ3v) is 6.76. The average molecular weight is 375 g/mol. The van der Waals surface area contributed by atoms with E-state index < -0.39 is 10.0 Å². The van der Waals surface area contributed by atoms with E-state index >= 15 is 0 Å². The molecular weight excluding hydrogens is 350 g/mol. The molecule has 1 N–H and O–H groups in total. The van der Waals surface area contributed by atoms with E-state index in [1.54, 1.807) is 12.1 Å². The summed E-state index contributed by atoms with van der Waals surface area (Å²) in [5.41, 5.74) is 1.29. The number of hydrogen-bond donors (Lipinski definition) is 1. The maximum Gasteiger partial charge on any atom is 0.244 e. The minimum Gasteiger partial charge on any atom is -0.381 e. The van der Waals surface area contributed by atoms with E-state index in [4.69, 9.17) is 4.74 Å². The van der Waals surface area contributed by atoms with Crippen LogP contribution in [-0.2, 0) is 20.2 Å². The number of benzene rings is 1. The molecule has 1 saturated heterocycles. The average Bonchev–Trinajstić information content (AvgIpc) is 2.68. The van der Waals surface area contributed by atoms with Gasteiger partial charge in [0, 0.05) is 45.5 Å². The monoisotopic (exact) mass is 375 g/mol. The zero-order chi connectivity index (χ0) is 18.6. The smallest absolute Gasteiger partial charge is 0.244 e. The zero-order valence-electron chi connectivity index (χ0n) is 15.2. The minimum atomic E-state index is -3.46. The van der Waals surface area contributed by atoms with Crippen LogP contribution < -0.4 is 5.32 Å². The molecule has 0 saturated carbocycles. The van der Waals surface area contributed by atoms with Gasteiger partial charge in [-0.3, -0.25) is 0 Å². The van der Waals surface area contributed by atoms with Crippen LogP contribution in [0.5, 0.6) is 0 Å². The van der Waals surface area contributed by atoms with Crippen molar-refractivity contribution in [2.75, 3.05) is 39.2 Å². The van der Waals surface area contributed by atoms with Gasteiger partial charge in [0.2, 0.25) is 10.0 Å². The number of nitrogens with zero attached hydrogens (tertiary/aromatic N) is 2. The summed E-state index contributed by atoms with van der Waals surface area (Å²) in [4.78, 5) is 4.48. The SMILES string of the molecule is CN(C)S(=O)(=O)c1ccc(NCC2(c3ccccc3)CCOCC2)nc1. The predicted molar refractivity (Wildman–Crippen MR) is 102 cm³/mol. The van der Waals surface area contributed by atoms with Gasteiger partial charge in [0.25, 0.3) is 0 Å². The molecule has 1 aliphatic rings. The molecule has 0 aliphatic carbocycles. The lowest BCUT2D eigenvalue weighted by molar-refractivity contribution is 0.0543. The zero-order valence-corrected chi connectivity index (χ0v) is 16.0. The van der Waals surface area contributed by atoms with Gasteiger partial charge in [-0.1, -0.05) is 30.3 Å². The van der Waals surface area contributed by atoms with Crippen molar-refractivity contribution in [3.8, 4) is 0 Å². The highest BCUT2D eigenvalue weighted by Gasteiger charge is 2.34. The Morgan fingerprint density at radius 1 is 1.12 bits per heavy atom. The number of anilines is 1. The maximum absolute atomic E-state index is 12.1. The van der Waals surface area contributed by atoms with Crippen LogP contribution in [0.15, 0.2) is 53.6 Å². The molecule has 2 aromatic rings. The lowest BCUT2D eigenvalue weighted by atomic mass is 9.74. The summed E-state index contributed by atoms with van der Waals surface area (Å²) in [5, 5.41) is 3.39. The molecule has 0 spiro atoms. The fraction of sp³-hybridized carbons (Fsp3) is 0.421. The Morgan fingerprint density at radius 2 is 1.81 bits per heavy atom. The van der Waals surface area contributed by atoms with Gasteiger partial charge in [0.05, 0.1) is 0 Å². The molecule has 6 nitrogen and oxygen atoms in total. The van der Waals surface area contributed by atoms with Crippen molar-refractivity contribution >= 4 is 15.8 Å². The quantitative estimate of drug-likeness (QED) is 0.840. The van der Waals surface area contributed by atoms with Gasteiger partial charge in [-0.05, 0) is 30.5 Å². The molecule has 2 heterocycles. The molecular formula is C19H25N3O3S. The van der Waals surface area contributed by atoms with Crippen LogP contribution in [0.25, 0.3) is 0 Å². The number of rotatable bonds is 6. The number of aromatic nitrogens is 1. The van der Waals surface area contributed by atoms with Gasteiger partial charge >= 0.3 is 0 Å². The van der Waals surface area contributed by atoms with Crippen molar-refractivity contribution in [3.05, 3.63) is 54.2 Å². The summed E-state index contributed by atoms with van der Waals surface area (Å²) >= 11 is 0. The summed E-state index contributed by atoms with van der Waals surface area (Å²) in [6.07, 6.45) is 3.28. The predicted octanol–water partition coefficient (Wildman–Crippen LogP) is 2.49. The maximum atomic E-state index is 12.1. The van der Waals surface area contributed by atoms with Crippen LogP contribution in [0.2, 0.25) is 0 Å². The van der Waals surface area contributed by atoms with Crippen LogP contribution in [0.4, 0.5) is 5.82 Å². The number of hydrogen-bond acceptors (Lipinski definition) is 5. The normalized spacial score (nSPS) is 17.2. The first-order valence-corrected chi connectivity index (χ1v) is 10.1. The molecule has 26 heavy (non-hydrogen) atoms. The first-order valence-electron chi connectivity index (χ1n) is 8.70. The first-order chi connectivity index (χ1) is 12.4. The Kier molecular flexibility index (Phi) is 5.60. The Bertz CT molecular complexity index is 815. The molecule has 0 unspecified atom stereocenters. The third kappa shape index (κ3) is 3.90. The van der Waals surface area contributed by atoms with E-state index in [0.717, 1.165) is 32.6 Å². The lowest BCUT2D eigenvalue weighted by Crippen LogP contribution is -2.40. The highest BCUT2D eigenvalue weighted by Crippen LogP contribution is 2.35. The highest BCUT2D eigenvalue weighted by atomic mass is 32.2. The van der Waals surface area contributed by atoms with E-state index in [9.17, 15) is 8.42 Å². The molecule has 0 bridgehead atoms. The summed E-state index contributed by atoms with van der Waals surface area (Å²) in [6, 6.07) is 13.8. The summed E-state index contributed by atoms with van der Waals surface area (Å²) in [6.45, 7) is 2.21. The molecule has 1 aliphatic heterocycles. The molecule has 3 rings (SSSR count). The topological polar surface area (TPSA) is 71.5 Å². The Balaban J connectivity index is 1.76. The fourth-order valence-corrected chi connectivity index (χ4v) is 4.08. The van der Waals surface area contributed by atoms with Crippen molar-refractivity contribution < 1.29 is 13.2 Å². The van der Waals surface area contributed by atoms with Crippen molar-refractivity contribution in [2.45, 2.75) is 23.2 Å². The van der Waals surface area contributed by atoms with Gasteiger partial charge < -0.3 is 10.1 Å². The van der Waals surface area contributed by atoms with Gasteiger partial charge in [0.15, 0.2) is 0 Å². The van der Waals surface area contributed by atoms with Crippen molar-refractivity contribution in [3.63, 3.8) is 0 Å². The summed E-state index contributed by atoms with van der Waals surface area (Å²) in [7, 11) is -0.437. The second-order valence-electron chi connectivity index (χ2n) is 6.78. The van der Waals surface area contributed by atoms with E-state index in [2.05, 4.69) is 34.6 Å². The van der Waals surface area contributed by atoms with E-state index in [-0.39, 0.29) is 10.3 Å². The van der Waals surface area contributed by atoms with E-state index in [0.29, 0.717) is 5.82 Å². The van der Waals surface area contributed by atoms with Crippen LogP contribution in [-0.4, -0.2) is 51.6 Å². The Morgan fingerprint density at radius 3 is 2.38 bits per heavy atom. The van der Waals surface area contributed by atoms with Crippen LogP contribution in [0.3, 0.4) is 0 Å². The molecule has 7 heteroatoms. The number of nitrogens with one attached hydrogen (secondary N) is 1. The van der Waals surface area contributed by atoms with Crippen molar-refractivity contribution in [1.29, 1.82) is 0 Å². The van der Waals surface area contributed by atoms with E-state index in [1.807, 2.05) is 6.07 Å². The molecule has 1 aromatic carbocycles.